The summed E-state index contributed by atoms with van der Waals surface area (Å²) in [6, 6.07) is 7.75. The number of nitrogen functional groups attached to an aromatic ring is 1. The van der Waals surface area contributed by atoms with Crippen LogP contribution >= 0.6 is 0 Å². The fraction of sp³-hybridized carbons (Fsp3) is 0.444. The molecule has 3 N–H and O–H groups in total. The summed E-state index contributed by atoms with van der Waals surface area (Å²) in [5, 5.41) is 7.72. The highest BCUT2D eigenvalue weighted by atomic mass is 32.2. The Hall–Kier alpha value is -2.39. The lowest BCUT2D eigenvalue weighted by Gasteiger charge is -2.25. The van der Waals surface area contributed by atoms with Gasteiger partial charge in [0.1, 0.15) is 5.82 Å². The number of rotatable bonds is 3. The number of nitrogens with one attached hydrogen (secondary N) is 1. The van der Waals surface area contributed by atoms with E-state index >= 15 is 0 Å². The van der Waals surface area contributed by atoms with Gasteiger partial charge in [-0.2, -0.15) is 14.1 Å². The maximum atomic E-state index is 13.2. The van der Waals surface area contributed by atoms with Crippen molar-refractivity contribution >= 4 is 27.4 Å². The number of sulfonamides is 1. The molecule has 3 heterocycles. The summed E-state index contributed by atoms with van der Waals surface area (Å²) in [5.74, 6) is -0.106. The van der Waals surface area contributed by atoms with Gasteiger partial charge in [-0.05, 0) is 31.4 Å². The van der Waals surface area contributed by atoms with Crippen LogP contribution in [0.5, 0.6) is 0 Å². The van der Waals surface area contributed by atoms with E-state index in [0.717, 1.165) is 16.8 Å². The molecule has 2 aliphatic rings. The van der Waals surface area contributed by atoms with E-state index in [9.17, 15) is 13.2 Å². The fourth-order valence-electron chi connectivity index (χ4n) is 3.85. The van der Waals surface area contributed by atoms with Gasteiger partial charge in [-0.25, -0.2) is 8.42 Å². The van der Waals surface area contributed by atoms with Crippen LogP contribution in [0.2, 0.25) is 0 Å². The lowest BCUT2D eigenvalue weighted by atomic mass is 9.90. The first-order valence-electron chi connectivity index (χ1n) is 9.13. The molecular weight excluding hydrogens is 366 g/mol. The van der Waals surface area contributed by atoms with Gasteiger partial charge in [0.2, 0.25) is 10.0 Å². The zero-order chi connectivity index (χ0) is 19.2. The van der Waals surface area contributed by atoms with Crippen molar-refractivity contribution in [2.24, 2.45) is 0 Å². The molecule has 0 saturated carbocycles. The standard InChI is InChI=1S/C18H23N5O3S/c1-2-27(25,26)22-10-8-14-16(11-22)21-23(17(14)19)18(24)13-7-9-20-15-6-4-3-5-12(13)15/h3-6,13,20H,2,7-11,19H2,1H3. The molecule has 1 atom stereocenters. The van der Waals surface area contributed by atoms with E-state index in [2.05, 4.69) is 10.4 Å². The zero-order valence-corrected chi connectivity index (χ0v) is 16.0. The molecule has 144 valence electrons. The molecule has 4 rings (SSSR count). The molecule has 1 aromatic carbocycles. The fourth-order valence-corrected chi connectivity index (χ4v) is 4.91. The minimum absolute atomic E-state index is 0.0450. The molecule has 0 bridgehead atoms. The molecule has 0 amide bonds. The van der Waals surface area contributed by atoms with Gasteiger partial charge in [-0.1, -0.05) is 18.2 Å². The normalized spacial score (nSPS) is 19.8. The monoisotopic (exact) mass is 389 g/mol. The van der Waals surface area contributed by atoms with Gasteiger partial charge in [0, 0.05) is 24.3 Å². The van der Waals surface area contributed by atoms with Crippen LogP contribution in [0.4, 0.5) is 11.5 Å². The van der Waals surface area contributed by atoms with E-state index in [4.69, 9.17) is 5.73 Å². The molecule has 8 nitrogen and oxygen atoms in total. The van der Waals surface area contributed by atoms with Gasteiger partial charge < -0.3 is 11.1 Å². The maximum absolute atomic E-state index is 13.2. The molecule has 0 radical (unpaired) electrons. The van der Waals surface area contributed by atoms with Crippen LogP contribution in [-0.2, 0) is 23.0 Å². The molecular formula is C18H23N5O3S. The Balaban J connectivity index is 1.66. The number of benzene rings is 1. The van der Waals surface area contributed by atoms with E-state index in [1.807, 2.05) is 24.3 Å². The van der Waals surface area contributed by atoms with Gasteiger partial charge >= 0.3 is 0 Å². The number of hydrogen-bond donors (Lipinski definition) is 2. The maximum Gasteiger partial charge on any atom is 0.256 e. The van der Waals surface area contributed by atoms with Gasteiger partial charge in [0.15, 0.2) is 0 Å². The minimum Gasteiger partial charge on any atom is -0.385 e. The number of para-hydroxylation sites is 1. The summed E-state index contributed by atoms with van der Waals surface area (Å²) in [6.45, 7) is 2.86. The molecule has 0 fully saturated rings. The summed E-state index contributed by atoms with van der Waals surface area (Å²) in [7, 11) is -3.30. The number of fused-ring (bicyclic) bond motifs is 2. The molecule has 2 aromatic rings. The van der Waals surface area contributed by atoms with Crippen molar-refractivity contribution in [3.8, 4) is 0 Å². The van der Waals surface area contributed by atoms with Crippen LogP contribution < -0.4 is 11.1 Å². The Morgan fingerprint density at radius 1 is 1.37 bits per heavy atom. The predicted molar refractivity (Wildman–Crippen MR) is 103 cm³/mol. The number of hydrogen-bond acceptors (Lipinski definition) is 6. The lowest BCUT2D eigenvalue weighted by molar-refractivity contribution is 0.0859. The third-order valence-electron chi connectivity index (χ3n) is 5.39. The highest BCUT2D eigenvalue weighted by Gasteiger charge is 2.33. The Kier molecular flexibility index (Phi) is 4.43. The van der Waals surface area contributed by atoms with E-state index in [-0.39, 0.29) is 24.1 Å². The Labute approximate surface area is 158 Å². The highest BCUT2D eigenvalue weighted by molar-refractivity contribution is 7.89. The molecule has 0 spiro atoms. The van der Waals surface area contributed by atoms with Gasteiger partial charge in [-0.15, -0.1) is 0 Å². The van der Waals surface area contributed by atoms with Crippen molar-refractivity contribution < 1.29 is 13.2 Å². The van der Waals surface area contributed by atoms with Crippen LogP contribution in [-0.4, -0.2) is 47.3 Å². The van der Waals surface area contributed by atoms with E-state index < -0.39 is 10.0 Å². The van der Waals surface area contributed by atoms with Crippen LogP contribution in [0.3, 0.4) is 0 Å². The van der Waals surface area contributed by atoms with Gasteiger partial charge in [-0.3, -0.25) is 4.79 Å². The molecule has 1 unspecified atom stereocenters. The zero-order valence-electron chi connectivity index (χ0n) is 15.2. The third-order valence-corrected chi connectivity index (χ3v) is 7.22. The molecule has 9 heteroatoms. The number of anilines is 2. The number of carbonyl (C=O) groups excluding carboxylic acids is 1. The number of nitrogens with zero attached hydrogens (tertiary/aromatic N) is 3. The average molecular weight is 389 g/mol. The van der Waals surface area contributed by atoms with Crippen molar-refractivity contribution in [2.75, 3.05) is 29.9 Å². The molecule has 27 heavy (non-hydrogen) atoms. The Morgan fingerprint density at radius 3 is 2.93 bits per heavy atom. The van der Waals surface area contributed by atoms with Crippen LogP contribution in [0.25, 0.3) is 0 Å². The topological polar surface area (TPSA) is 110 Å². The molecule has 0 aliphatic carbocycles. The summed E-state index contributed by atoms with van der Waals surface area (Å²) < 4.78 is 27.0. The molecule has 1 aromatic heterocycles. The predicted octanol–water partition coefficient (Wildman–Crippen LogP) is 1.41. The summed E-state index contributed by atoms with van der Waals surface area (Å²) in [4.78, 5) is 13.2. The highest BCUT2D eigenvalue weighted by Crippen LogP contribution is 2.34. The van der Waals surface area contributed by atoms with Crippen molar-refractivity contribution in [3.63, 3.8) is 0 Å². The molecule has 0 saturated heterocycles. The number of nitrogens with two attached hydrogens (primary N) is 1. The average Bonchev–Trinajstić information content (AvgIpc) is 3.03. The quantitative estimate of drug-likeness (QED) is 0.821. The van der Waals surface area contributed by atoms with Crippen LogP contribution in [0.1, 0.15) is 40.9 Å². The summed E-state index contributed by atoms with van der Waals surface area (Å²) in [5.41, 5.74) is 9.49. The van der Waals surface area contributed by atoms with E-state index in [1.54, 1.807) is 6.92 Å². The second-order valence-corrected chi connectivity index (χ2v) is 9.16. The Morgan fingerprint density at radius 2 is 2.15 bits per heavy atom. The van der Waals surface area contributed by atoms with Crippen molar-refractivity contribution in [3.05, 3.63) is 41.1 Å². The van der Waals surface area contributed by atoms with Crippen molar-refractivity contribution in [1.82, 2.24) is 14.1 Å². The first-order chi connectivity index (χ1) is 12.9. The van der Waals surface area contributed by atoms with Gasteiger partial charge in [0.05, 0.1) is 23.9 Å². The van der Waals surface area contributed by atoms with Crippen LogP contribution in [0, 0.1) is 0 Å². The first kappa shape index (κ1) is 18.0. The molecule has 2 aliphatic heterocycles. The first-order valence-corrected chi connectivity index (χ1v) is 10.7. The second-order valence-electron chi connectivity index (χ2n) is 6.90. The van der Waals surface area contributed by atoms with Crippen molar-refractivity contribution in [2.45, 2.75) is 32.2 Å². The van der Waals surface area contributed by atoms with Crippen LogP contribution in [0.15, 0.2) is 24.3 Å². The minimum atomic E-state index is -3.30. The van der Waals surface area contributed by atoms with E-state index in [1.165, 1.54) is 8.99 Å². The number of aromatic nitrogens is 2. The largest absolute Gasteiger partial charge is 0.385 e. The van der Waals surface area contributed by atoms with Gasteiger partial charge in [0.25, 0.3) is 5.91 Å². The summed E-state index contributed by atoms with van der Waals surface area (Å²) >= 11 is 0. The number of carbonyl (C=O) groups is 1. The Bertz CT molecular complexity index is 998. The SMILES string of the molecule is CCS(=O)(=O)N1CCc2c(nn(C(=O)C3CCNc4ccccc43)c2N)C1. The van der Waals surface area contributed by atoms with E-state index in [0.29, 0.717) is 37.4 Å². The third kappa shape index (κ3) is 3.00. The second kappa shape index (κ2) is 6.65. The summed E-state index contributed by atoms with van der Waals surface area (Å²) in [6.07, 6.45) is 1.13. The lowest BCUT2D eigenvalue weighted by Crippen LogP contribution is -2.36. The smallest absolute Gasteiger partial charge is 0.256 e. The van der Waals surface area contributed by atoms with Crippen molar-refractivity contribution in [1.29, 1.82) is 0 Å².